The summed E-state index contributed by atoms with van der Waals surface area (Å²) in [4.78, 5) is 11.4. The zero-order valence-corrected chi connectivity index (χ0v) is 10.2. The van der Waals surface area contributed by atoms with E-state index < -0.39 is 6.04 Å². The lowest BCUT2D eigenvalue weighted by molar-refractivity contribution is -0.117. The van der Waals surface area contributed by atoms with Crippen molar-refractivity contribution in [3.8, 4) is 5.75 Å². The van der Waals surface area contributed by atoms with Crippen LogP contribution in [0.2, 0.25) is 0 Å². The molecule has 4 nitrogen and oxygen atoms in total. The molecule has 0 aliphatic heterocycles. The highest BCUT2D eigenvalue weighted by atomic mass is 35.5. The topological polar surface area (TPSA) is 64.3 Å². The second-order valence-corrected chi connectivity index (χ2v) is 3.21. The van der Waals surface area contributed by atoms with Gasteiger partial charge >= 0.3 is 0 Å². The lowest BCUT2D eigenvalue weighted by Crippen LogP contribution is -2.32. The number of carbonyl (C=O) groups is 1. The van der Waals surface area contributed by atoms with Gasteiger partial charge in [-0.2, -0.15) is 0 Å². The van der Waals surface area contributed by atoms with Crippen molar-refractivity contribution in [1.29, 1.82) is 0 Å². The van der Waals surface area contributed by atoms with E-state index in [0.717, 1.165) is 0 Å². The highest BCUT2D eigenvalue weighted by Gasteiger charge is 2.10. The fraction of sp³-hybridized carbons (Fsp3) is 0.364. The van der Waals surface area contributed by atoms with E-state index in [1.807, 2.05) is 19.1 Å². The number of halogens is 1. The molecule has 1 aromatic carbocycles. The van der Waals surface area contributed by atoms with E-state index in [1.54, 1.807) is 19.1 Å². The van der Waals surface area contributed by atoms with Crippen LogP contribution in [0, 0.1) is 0 Å². The Balaban J connectivity index is 0.00000225. The van der Waals surface area contributed by atoms with Gasteiger partial charge in [0.1, 0.15) is 5.75 Å². The van der Waals surface area contributed by atoms with Crippen LogP contribution in [-0.2, 0) is 4.79 Å². The van der Waals surface area contributed by atoms with Crippen LogP contribution in [-0.4, -0.2) is 18.6 Å². The number of rotatable bonds is 4. The zero-order chi connectivity index (χ0) is 11.3. The van der Waals surface area contributed by atoms with Crippen molar-refractivity contribution in [2.75, 3.05) is 11.9 Å². The second-order valence-electron chi connectivity index (χ2n) is 3.21. The van der Waals surface area contributed by atoms with E-state index in [9.17, 15) is 4.79 Å². The van der Waals surface area contributed by atoms with Gasteiger partial charge in [-0.3, -0.25) is 4.79 Å². The first-order chi connectivity index (χ1) is 7.15. The number of nitrogens with two attached hydrogens (primary N) is 1. The molecule has 1 amide bonds. The van der Waals surface area contributed by atoms with E-state index in [0.29, 0.717) is 18.0 Å². The summed E-state index contributed by atoms with van der Waals surface area (Å²) in [5.74, 6) is 0.441. The molecule has 1 rings (SSSR count). The third kappa shape index (κ3) is 4.08. The largest absolute Gasteiger partial charge is 0.492 e. The molecule has 90 valence electrons. The van der Waals surface area contributed by atoms with Crippen LogP contribution in [0.1, 0.15) is 13.8 Å². The third-order valence-electron chi connectivity index (χ3n) is 1.86. The first-order valence-corrected chi connectivity index (χ1v) is 4.93. The average molecular weight is 245 g/mol. The molecule has 0 saturated carbocycles. The van der Waals surface area contributed by atoms with Gasteiger partial charge in [-0.05, 0) is 26.0 Å². The summed E-state index contributed by atoms with van der Waals surface area (Å²) in [6, 6.07) is 6.75. The van der Waals surface area contributed by atoms with Gasteiger partial charge in [0.25, 0.3) is 0 Å². The summed E-state index contributed by atoms with van der Waals surface area (Å²) in [6.45, 7) is 4.09. The zero-order valence-electron chi connectivity index (χ0n) is 9.40. The van der Waals surface area contributed by atoms with Crippen molar-refractivity contribution in [2.24, 2.45) is 5.73 Å². The predicted octanol–water partition coefficient (Wildman–Crippen LogP) is 1.79. The molecule has 0 aromatic heterocycles. The molecule has 1 aromatic rings. The molecule has 0 aliphatic rings. The number of ether oxygens (including phenoxy) is 1. The Labute approximate surface area is 102 Å². The second kappa shape index (κ2) is 7.09. The van der Waals surface area contributed by atoms with Crippen LogP contribution in [0.25, 0.3) is 0 Å². The lowest BCUT2D eigenvalue weighted by atomic mass is 10.2. The molecule has 0 saturated heterocycles. The SMILES string of the molecule is CCOc1ccccc1NC(=O)[C@H](C)N.Cl. The summed E-state index contributed by atoms with van der Waals surface area (Å²) >= 11 is 0. The number of nitrogens with one attached hydrogen (secondary N) is 1. The fourth-order valence-electron chi connectivity index (χ4n) is 1.10. The Bertz CT molecular complexity index is 343. The maximum absolute atomic E-state index is 11.4. The number of hydrogen-bond acceptors (Lipinski definition) is 3. The standard InChI is InChI=1S/C11H16N2O2.ClH/c1-3-15-10-7-5-4-6-9(10)13-11(14)8(2)12;/h4-8H,3,12H2,1-2H3,(H,13,14);1H/t8-;/m0./s1. The molecule has 0 heterocycles. The van der Waals surface area contributed by atoms with Crippen LogP contribution in [0.5, 0.6) is 5.75 Å². The Morgan fingerprint density at radius 1 is 1.50 bits per heavy atom. The van der Waals surface area contributed by atoms with Crippen molar-refractivity contribution in [2.45, 2.75) is 19.9 Å². The summed E-state index contributed by atoms with van der Waals surface area (Å²) < 4.78 is 5.36. The van der Waals surface area contributed by atoms with Crippen molar-refractivity contribution >= 4 is 24.0 Å². The van der Waals surface area contributed by atoms with Crippen LogP contribution < -0.4 is 15.8 Å². The minimum Gasteiger partial charge on any atom is -0.492 e. The molecule has 1 atom stereocenters. The van der Waals surface area contributed by atoms with E-state index in [1.165, 1.54) is 0 Å². The monoisotopic (exact) mass is 244 g/mol. The molecule has 0 spiro atoms. The number of amides is 1. The molecule has 0 fully saturated rings. The van der Waals surface area contributed by atoms with Gasteiger partial charge < -0.3 is 15.8 Å². The number of carbonyl (C=O) groups excluding carboxylic acids is 1. The van der Waals surface area contributed by atoms with Gasteiger partial charge in [-0.1, -0.05) is 12.1 Å². The number of anilines is 1. The molecule has 0 bridgehead atoms. The minimum absolute atomic E-state index is 0. The summed E-state index contributed by atoms with van der Waals surface area (Å²) in [5.41, 5.74) is 6.11. The van der Waals surface area contributed by atoms with E-state index in [2.05, 4.69) is 5.32 Å². The van der Waals surface area contributed by atoms with Crippen molar-refractivity contribution in [1.82, 2.24) is 0 Å². The Kier molecular flexibility index (Phi) is 6.53. The van der Waals surface area contributed by atoms with E-state index in [-0.39, 0.29) is 18.3 Å². The molecule has 3 N–H and O–H groups in total. The smallest absolute Gasteiger partial charge is 0.241 e. The molecule has 5 heteroatoms. The molecule has 0 radical (unpaired) electrons. The lowest BCUT2D eigenvalue weighted by Gasteiger charge is -2.12. The van der Waals surface area contributed by atoms with Gasteiger partial charge in [-0.25, -0.2) is 0 Å². The van der Waals surface area contributed by atoms with E-state index in [4.69, 9.17) is 10.5 Å². The van der Waals surface area contributed by atoms with Crippen LogP contribution >= 0.6 is 12.4 Å². The van der Waals surface area contributed by atoms with Crippen LogP contribution in [0.4, 0.5) is 5.69 Å². The maximum Gasteiger partial charge on any atom is 0.241 e. The van der Waals surface area contributed by atoms with Gasteiger partial charge in [0.15, 0.2) is 0 Å². The van der Waals surface area contributed by atoms with Crippen molar-refractivity contribution < 1.29 is 9.53 Å². The van der Waals surface area contributed by atoms with Gasteiger partial charge in [-0.15, -0.1) is 12.4 Å². The molecule has 0 aliphatic carbocycles. The van der Waals surface area contributed by atoms with Crippen LogP contribution in [0.3, 0.4) is 0 Å². The molecular formula is C11H17ClN2O2. The minimum atomic E-state index is -0.528. The maximum atomic E-state index is 11.4. The fourth-order valence-corrected chi connectivity index (χ4v) is 1.10. The Morgan fingerprint density at radius 3 is 2.69 bits per heavy atom. The molecule has 16 heavy (non-hydrogen) atoms. The molecule has 0 unspecified atom stereocenters. The number of benzene rings is 1. The predicted molar refractivity (Wildman–Crippen MR) is 67.1 cm³/mol. The van der Waals surface area contributed by atoms with E-state index >= 15 is 0 Å². The van der Waals surface area contributed by atoms with Crippen LogP contribution in [0.15, 0.2) is 24.3 Å². The first kappa shape index (κ1) is 14.7. The number of hydrogen-bond donors (Lipinski definition) is 2. The molecular weight excluding hydrogens is 228 g/mol. The highest BCUT2D eigenvalue weighted by Crippen LogP contribution is 2.23. The van der Waals surface area contributed by atoms with Gasteiger partial charge in [0.2, 0.25) is 5.91 Å². The first-order valence-electron chi connectivity index (χ1n) is 4.93. The number of para-hydroxylation sites is 2. The third-order valence-corrected chi connectivity index (χ3v) is 1.86. The van der Waals surface area contributed by atoms with Crippen molar-refractivity contribution in [3.05, 3.63) is 24.3 Å². The van der Waals surface area contributed by atoms with Gasteiger partial charge in [0, 0.05) is 0 Å². The Hall–Kier alpha value is -1.26. The summed E-state index contributed by atoms with van der Waals surface area (Å²) in [5, 5.41) is 2.71. The average Bonchev–Trinajstić information content (AvgIpc) is 2.21. The summed E-state index contributed by atoms with van der Waals surface area (Å²) in [6.07, 6.45) is 0. The highest BCUT2D eigenvalue weighted by molar-refractivity contribution is 5.95. The normalized spacial score (nSPS) is 11.2. The van der Waals surface area contributed by atoms with Crippen molar-refractivity contribution in [3.63, 3.8) is 0 Å². The summed E-state index contributed by atoms with van der Waals surface area (Å²) in [7, 11) is 0. The Morgan fingerprint density at radius 2 is 2.12 bits per heavy atom. The quantitative estimate of drug-likeness (QED) is 0.849. The van der Waals surface area contributed by atoms with Gasteiger partial charge in [0.05, 0.1) is 18.3 Å².